The molecule has 21 heavy (non-hydrogen) atoms. The minimum atomic E-state index is -0.647. The summed E-state index contributed by atoms with van der Waals surface area (Å²) in [6, 6.07) is 7.72. The van der Waals surface area contributed by atoms with Crippen molar-refractivity contribution in [1.29, 1.82) is 0 Å². The minimum absolute atomic E-state index is 0.0727. The van der Waals surface area contributed by atoms with Gasteiger partial charge in [0.05, 0.1) is 10.6 Å². The molecule has 1 amide bonds. The lowest BCUT2D eigenvalue weighted by molar-refractivity contribution is -0.384. The number of nitrogens with zero attached hydrogens (tertiary/aromatic N) is 1. The number of hydrogen-bond donors (Lipinski definition) is 2. The highest BCUT2D eigenvalue weighted by Crippen LogP contribution is 2.21. The number of nitrogen functional groups attached to an aromatic ring is 1. The summed E-state index contributed by atoms with van der Waals surface area (Å²) in [6.07, 6.45) is 0. The molecule has 0 aliphatic rings. The average Bonchev–Trinajstić information content (AvgIpc) is 2.42. The summed E-state index contributed by atoms with van der Waals surface area (Å²) in [7, 11) is 0. The van der Waals surface area contributed by atoms with Crippen LogP contribution in [0.5, 0.6) is 0 Å². The summed E-state index contributed by atoms with van der Waals surface area (Å²) in [5.74, 6) is -1.29. The SMILES string of the molecule is Cc1cc(C(=O)Nc2cc(N)ccc2F)cc([N+](=O)[O-])c1. The lowest BCUT2D eigenvalue weighted by Gasteiger charge is -2.08. The Bertz CT molecular complexity index is 731. The van der Waals surface area contributed by atoms with Crippen LogP contribution in [0, 0.1) is 22.9 Å². The van der Waals surface area contributed by atoms with Crippen molar-refractivity contribution in [2.24, 2.45) is 0 Å². The predicted molar refractivity (Wildman–Crippen MR) is 76.6 cm³/mol. The van der Waals surface area contributed by atoms with Crippen molar-refractivity contribution in [2.45, 2.75) is 6.92 Å². The van der Waals surface area contributed by atoms with E-state index in [9.17, 15) is 19.3 Å². The molecule has 0 saturated carbocycles. The maximum absolute atomic E-state index is 13.6. The molecule has 0 aromatic heterocycles. The van der Waals surface area contributed by atoms with E-state index in [0.29, 0.717) is 11.3 Å². The lowest BCUT2D eigenvalue weighted by atomic mass is 10.1. The number of halogens is 1. The van der Waals surface area contributed by atoms with E-state index < -0.39 is 16.6 Å². The van der Waals surface area contributed by atoms with Crippen molar-refractivity contribution < 1.29 is 14.1 Å². The summed E-state index contributed by atoms with van der Waals surface area (Å²) in [6.45, 7) is 1.63. The van der Waals surface area contributed by atoms with Gasteiger partial charge in [-0.2, -0.15) is 0 Å². The summed E-state index contributed by atoms with van der Waals surface area (Å²) in [4.78, 5) is 22.3. The van der Waals surface area contributed by atoms with Gasteiger partial charge in [0.1, 0.15) is 5.82 Å². The largest absolute Gasteiger partial charge is 0.399 e. The summed E-state index contributed by atoms with van der Waals surface area (Å²) >= 11 is 0. The minimum Gasteiger partial charge on any atom is -0.399 e. The van der Waals surface area contributed by atoms with Crippen LogP contribution in [-0.4, -0.2) is 10.8 Å². The van der Waals surface area contributed by atoms with Crippen LogP contribution >= 0.6 is 0 Å². The molecule has 0 spiro atoms. The van der Waals surface area contributed by atoms with Crippen molar-refractivity contribution in [1.82, 2.24) is 0 Å². The van der Waals surface area contributed by atoms with Crippen LogP contribution in [0.1, 0.15) is 15.9 Å². The number of rotatable bonds is 3. The number of nitrogens with one attached hydrogen (secondary N) is 1. The standard InChI is InChI=1S/C14H12FN3O3/c1-8-4-9(6-11(5-8)18(20)21)14(19)17-13-7-10(16)2-3-12(13)15/h2-7H,16H2,1H3,(H,17,19). The highest BCUT2D eigenvalue weighted by molar-refractivity contribution is 6.05. The van der Waals surface area contributed by atoms with Crippen molar-refractivity contribution in [3.8, 4) is 0 Å². The molecular formula is C14H12FN3O3. The number of nitrogens with two attached hydrogens (primary N) is 1. The summed E-state index contributed by atoms with van der Waals surface area (Å²) in [5.41, 5.74) is 6.17. The van der Waals surface area contributed by atoms with Crippen molar-refractivity contribution in [3.05, 3.63) is 63.5 Å². The molecule has 3 N–H and O–H groups in total. The third kappa shape index (κ3) is 3.33. The number of nitro groups is 1. The zero-order chi connectivity index (χ0) is 15.6. The van der Waals surface area contributed by atoms with E-state index in [1.54, 1.807) is 6.92 Å². The van der Waals surface area contributed by atoms with Gasteiger partial charge in [-0.3, -0.25) is 14.9 Å². The summed E-state index contributed by atoms with van der Waals surface area (Å²) in [5, 5.41) is 13.1. The first-order valence-corrected chi connectivity index (χ1v) is 5.99. The van der Waals surface area contributed by atoms with Gasteiger partial charge in [0.25, 0.3) is 11.6 Å². The van der Waals surface area contributed by atoms with E-state index in [4.69, 9.17) is 5.73 Å². The first-order valence-electron chi connectivity index (χ1n) is 5.99. The molecule has 108 valence electrons. The number of benzene rings is 2. The Morgan fingerprint density at radius 2 is 2.00 bits per heavy atom. The van der Waals surface area contributed by atoms with E-state index in [1.807, 2.05) is 0 Å². The molecule has 2 aromatic carbocycles. The topological polar surface area (TPSA) is 98.3 Å². The molecule has 0 aliphatic carbocycles. The molecule has 0 atom stereocenters. The van der Waals surface area contributed by atoms with E-state index in [-0.39, 0.29) is 16.9 Å². The first-order chi connectivity index (χ1) is 9.86. The molecule has 0 heterocycles. The summed E-state index contributed by atoms with van der Waals surface area (Å²) < 4.78 is 13.6. The number of amides is 1. The molecule has 0 bridgehead atoms. The van der Waals surface area contributed by atoms with Gasteiger partial charge in [0, 0.05) is 23.4 Å². The van der Waals surface area contributed by atoms with Crippen LogP contribution in [-0.2, 0) is 0 Å². The Morgan fingerprint density at radius 1 is 1.29 bits per heavy atom. The molecule has 6 nitrogen and oxygen atoms in total. The van der Waals surface area contributed by atoms with Gasteiger partial charge >= 0.3 is 0 Å². The van der Waals surface area contributed by atoms with Crippen LogP contribution in [0.2, 0.25) is 0 Å². The Kier molecular flexibility index (Phi) is 3.84. The van der Waals surface area contributed by atoms with Crippen LogP contribution in [0.4, 0.5) is 21.5 Å². The molecule has 7 heteroatoms. The number of non-ortho nitro benzene ring substituents is 1. The van der Waals surface area contributed by atoms with Gasteiger partial charge in [0.2, 0.25) is 0 Å². The molecule has 0 unspecified atom stereocenters. The van der Waals surface area contributed by atoms with Crippen LogP contribution in [0.3, 0.4) is 0 Å². The van der Waals surface area contributed by atoms with Gasteiger partial charge in [-0.15, -0.1) is 0 Å². The Hall–Kier alpha value is -2.96. The molecule has 2 rings (SSSR count). The molecule has 0 radical (unpaired) electrons. The predicted octanol–water partition coefficient (Wildman–Crippen LogP) is 2.88. The quantitative estimate of drug-likeness (QED) is 0.515. The van der Waals surface area contributed by atoms with Gasteiger partial charge in [-0.25, -0.2) is 4.39 Å². The maximum atomic E-state index is 13.6. The van der Waals surface area contributed by atoms with Gasteiger partial charge in [-0.1, -0.05) is 0 Å². The molecule has 0 fully saturated rings. The Balaban J connectivity index is 2.32. The van der Waals surface area contributed by atoms with Gasteiger partial charge in [-0.05, 0) is 36.8 Å². The Labute approximate surface area is 119 Å². The Morgan fingerprint density at radius 3 is 2.67 bits per heavy atom. The van der Waals surface area contributed by atoms with E-state index in [2.05, 4.69) is 5.32 Å². The fraction of sp³-hybridized carbons (Fsp3) is 0.0714. The smallest absolute Gasteiger partial charge is 0.270 e. The molecule has 2 aromatic rings. The second-order valence-corrected chi connectivity index (χ2v) is 4.51. The third-order valence-corrected chi connectivity index (χ3v) is 2.77. The van der Waals surface area contributed by atoms with Gasteiger partial charge < -0.3 is 11.1 Å². The van der Waals surface area contributed by atoms with Crippen molar-refractivity contribution in [3.63, 3.8) is 0 Å². The van der Waals surface area contributed by atoms with Crippen molar-refractivity contribution >= 4 is 23.0 Å². The number of nitro benzene ring substituents is 1. The zero-order valence-corrected chi connectivity index (χ0v) is 11.1. The zero-order valence-electron chi connectivity index (χ0n) is 11.1. The lowest BCUT2D eigenvalue weighted by Crippen LogP contribution is -2.13. The normalized spacial score (nSPS) is 10.2. The van der Waals surface area contributed by atoms with Crippen molar-refractivity contribution in [2.75, 3.05) is 11.1 Å². The molecule has 0 aliphatic heterocycles. The number of carbonyl (C=O) groups is 1. The van der Waals surface area contributed by atoms with E-state index in [1.165, 1.54) is 24.3 Å². The number of carbonyl (C=O) groups excluding carboxylic acids is 1. The van der Waals surface area contributed by atoms with E-state index in [0.717, 1.165) is 12.1 Å². The van der Waals surface area contributed by atoms with Gasteiger partial charge in [0.15, 0.2) is 0 Å². The second kappa shape index (κ2) is 5.58. The van der Waals surface area contributed by atoms with Crippen LogP contribution in [0.15, 0.2) is 36.4 Å². The monoisotopic (exact) mass is 289 g/mol. The number of anilines is 2. The molecule has 0 saturated heterocycles. The second-order valence-electron chi connectivity index (χ2n) is 4.51. The average molecular weight is 289 g/mol. The highest BCUT2D eigenvalue weighted by atomic mass is 19.1. The van der Waals surface area contributed by atoms with Crippen LogP contribution < -0.4 is 11.1 Å². The number of aryl methyl sites for hydroxylation is 1. The maximum Gasteiger partial charge on any atom is 0.270 e. The first kappa shape index (κ1) is 14.4. The fourth-order valence-electron chi connectivity index (χ4n) is 1.83. The fourth-order valence-corrected chi connectivity index (χ4v) is 1.83. The van der Waals surface area contributed by atoms with E-state index >= 15 is 0 Å². The third-order valence-electron chi connectivity index (χ3n) is 2.77. The van der Waals surface area contributed by atoms with Crippen LogP contribution in [0.25, 0.3) is 0 Å². The molecular weight excluding hydrogens is 277 g/mol. The number of hydrogen-bond acceptors (Lipinski definition) is 4. The highest BCUT2D eigenvalue weighted by Gasteiger charge is 2.15.